The number of nitrogens with one attached hydrogen (secondary N) is 1. The third kappa shape index (κ3) is 7.09. The van der Waals surface area contributed by atoms with Crippen molar-refractivity contribution in [2.45, 2.75) is 59.1 Å². The first-order chi connectivity index (χ1) is 8.86. The van der Waals surface area contributed by atoms with Gasteiger partial charge in [0, 0.05) is 18.5 Å². The summed E-state index contributed by atoms with van der Waals surface area (Å²) in [5, 5.41) is 6.63. The predicted octanol–water partition coefficient (Wildman–Crippen LogP) is 3.74. The molecule has 0 aliphatic rings. The van der Waals surface area contributed by atoms with Crippen LogP contribution in [0.3, 0.4) is 0 Å². The van der Waals surface area contributed by atoms with E-state index in [4.69, 9.17) is 4.74 Å². The molecule has 0 saturated heterocycles. The first-order valence-corrected chi connectivity index (χ1v) is 7.96. The minimum Gasteiger partial charge on any atom is -0.375 e. The Morgan fingerprint density at radius 2 is 2.11 bits per heavy atom. The summed E-state index contributed by atoms with van der Waals surface area (Å²) in [4.78, 5) is 4.55. The normalized spacial score (nSPS) is 11.0. The van der Waals surface area contributed by atoms with Crippen LogP contribution in [0.1, 0.15) is 56.7 Å². The van der Waals surface area contributed by atoms with Gasteiger partial charge in [-0.3, -0.25) is 0 Å². The molecular formula is C14H26N2OS. The van der Waals surface area contributed by atoms with Crippen LogP contribution in [0.2, 0.25) is 0 Å². The Kier molecular flexibility index (Phi) is 9.08. The molecule has 1 aromatic rings. The standard InChI is InChI=1S/C14H26N2OS/c1-3-5-6-7-9-17-11-13-12-18-14(16-13)10-15-8-4-2/h12,15H,3-11H2,1-2H3. The van der Waals surface area contributed by atoms with E-state index in [1.54, 1.807) is 11.3 Å². The summed E-state index contributed by atoms with van der Waals surface area (Å²) < 4.78 is 5.63. The number of thiazole rings is 1. The van der Waals surface area contributed by atoms with Gasteiger partial charge in [-0.25, -0.2) is 4.98 Å². The quantitative estimate of drug-likeness (QED) is 0.622. The lowest BCUT2D eigenvalue weighted by atomic mass is 10.2. The van der Waals surface area contributed by atoms with Gasteiger partial charge in [0.25, 0.3) is 0 Å². The Bertz CT molecular complexity index is 302. The molecule has 1 N–H and O–H groups in total. The SMILES string of the molecule is CCCCCCOCc1csc(CNCCC)n1. The summed E-state index contributed by atoms with van der Waals surface area (Å²) in [7, 11) is 0. The highest BCUT2D eigenvalue weighted by atomic mass is 32.1. The molecule has 1 aromatic heterocycles. The largest absolute Gasteiger partial charge is 0.375 e. The molecule has 0 unspecified atom stereocenters. The van der Waals surface area contributed by atoms with Gasteiger partial charge in [0.05, 0.1) is 12.3 Å². The zero-order chi connectivity index (χ0) is 13.1. The zero-order valence-corrected chi connectivity index (χ0v) is 12.5. The third-order valence-corrected chi connectivity index (χ3v) is 3.59. The number of rotatable bonds is 11. The maximum Gasteiger partial charge on any atom is 0.107 e. The lowest BCUT2D eigenvalue weighted by Gasteiger charge is -2.01. The van der Waals surface area contributed by atoms with Crippen molar-refractivity contribution in [2.24, 2.45) is 0 Å². The highest BCUT2D eigenvalue weighted by molar-refractivity contribution is 7.09. The molecule has 4 heteroatoms. The summed E-state index contributed by atoms with van der Waals surface area (Å²) >= 11 is 1.72. The van der Waals surface area contributed by atoms with E-state index >= 15 is 0 Å². The smallest absolute Gasteiger partial charge is 0.107 e. The van der Waals surface area contributed by atoms with Gasteiger partial charge in [0.15, 0.2) is 0 Å². The number of aromatic nitrogens is 1. The minimum absolute atomic E-state index is 0.663. The molecule has 0 atom stereocenters. The highest BCUT2D eigenvalue weighted by Crippen LogP contribution is 2.11. The van der Waals surface area contributed by atoms with Crippen molar-refractivity contribution in [3.05, 3.63) is 16.1 Å². The number of hydrogen-bond donors (Lipinski definition) is 1. The van der Waals surface area contributed by atoms with Crippen molar-refractivity contribution in [1.29, 1.82) is 0 Å². The second kappa shape index (κ2) is 10.5. The molecule has 3 nitrogen and oxygen atoms in total. The van der Waals surface area contributed by atoms with Gasteiger partial charge in [-0.15, -0.1) is 11.3 Å². The van der Waals surface area contributed by atoms with E-state index in [2.05, 4.69) is 29.5 Å². The first-order valence-electron chi connectivity index (χ1n) is 7.08. The van der Waals surface area contributed by atoms with Crippen LogP contribution in [0.5, 0.6) is 0 Å². The monoisotopic (exact) mass is 270 g/mol. The average molecular weight is 270 g/mol. The lowest BCUT2D eigenvalue weighted by Crippen LogP contribution is -2.13. The molecule has 0 bridgehead atoms. The summed E-state index contributed by atoms with van der Waals surface area (Å²) in [5.41, 5.74) is 1.07. The van der Waals surface area contributed by atoms with Gasteiger partial charge in [-0.1, -0.05) is 33.1 Å². The fourth-order valence-corrected chi connectivity index (χ4v) is 2.42. The second-order valence-corrected chi connectivity index (χ2v) is 5.47. The van der Waals surface area contributed by atoms with Crippen LogP contribution in [0, 0.1) is 0 Å². The number of ether oxygens (including phenoxy) is 1. The molecule has 0 aliphatic carbocycles. The number of unbranched alkanes of at least 4 members (excludes halogenated alkanes) is 3. The fourth-order valence-electron chi connectivity index (χ4n) is 1.68. The molecule has 0 aromatic carbocycles. The maximum atomic E-state index is 5.63. The summed E-state index contributed by atoms with van der Waals surface area (Å²) in [5.74, 6) is 0. The number of hydrogen-bond acceptors (Lipinski definition) is 4. The first kappa shape index (κ1) is 15.6. The van der Waals surface area contributed by atoms with E-state index in [1.807, 2.05) is 0 Å². The second-order valence-electron chi connectivity index (χ2n) is 4.52. The van der Waals surface area contributed by atoms with Crippen molar-refractivity contribution in [2.75, 3.05) is 13.2 Å². The molecule has 0 spiro atoms. The van der Waals surface area contributed by atoms with Crippen molar-refractivity contribution in [3.8, 4) is 0 Å². The van der Waals surface area contributed by atoms with Crippen LogP contribution in [0.4, 0.5) is 0 Å². The van der Waals surface area contributed by atoms with Gasteiger partial charge >= 0.3 is 0 Å². The van der Waals surface area contributed by atoms with Gasteiger partial charge in [0.1, 0.15) is 5.01 Å². The molecule has 0 aliphatic heterocycles. The predicted molar refractivity (Wildman–Crippen MR) is 77.9 cm³/mol. The van der Waals surface area contributed by atoms with Crippen LogP contribution in [-0.4, -0.2) is 18.1 Å². The lowest BCUT2D eigenvalue weighted by molar-refractivity contribution is 0.114. The van der Waals surface area contributed by atoms with Crippen molar-refractivity contribution in [1.82, 2.24) is 10.3 Å². The van der Waals surface area contributed by atoms with Crippen LogP contribution < -0.4 is 5.32 Å². The minimum atomic E-state index is 0.663. The van der Waals surface area contributed by atoms with E-state index in [0.29, 0.717) is 6.61 Å². The Labute approximate surface area is 115 Å². The Balaban J connectivity index is 2.07. The van der Waals surface area contributed by atoms with Crippen LogP contribution >= 0.6 is 11.3 Å². The molecule has 0 radical (unpaired) electrons. The van der Waals surface area contributed by atoms with Gasteiger partial charge in [-0.2, -0.15) is 0 Å². The summed E-state index contributed by atoms with van der Waals surface area (Å²) in [6.45, 7) is 7.87. The Morgan fingerprint density at radius 3 is 2.89 bits per heavy atom. The summed E-state index contributed by atoms with van der Waals surface area (Å²) in [6.07, 6.45) is 6.20. The van der Waals surface area contributed by atoms with Crippen molar-refractivity contribution in [3.63, 3.8) is 0 Å². The van der Waals surface area contributed by atoms with Gasteiger partial charge in [0.2, 0.25) is 0 Å². The molecule has 1 rings (SSSR count). The topological polar surface area (TPSA) is 34.1 Å². The average Bonchev–Trinajstić information content (AvgIpc) is 2.82. The van der Waals surface area contributed by atoms with Crippen LogP contribution in [0.15, 0.2) is 5.38 Å². The van der Waals surface area contributed by atoms with E-state index in [0.717, 1.165) is 30.4 Å². The molecular weight excluding hydrogens is 244 g/mol. The zero-order valence-electron chi connectivity index (χ0n) is 11.7. The molecule has 0 saturated carbocycles. The van der Waals surface area contributed by atoms with Crippen LogP contribution in [0.25, 0.3) is 0 Å². The summed E-state index contributed by atoms with van der Waals surface area (Å²) in [6, 6.07) is 0. The van der Waals surface area contributed by atoms with E-state index in [1.165, 1.54) is 32.1 Å². The maximum absolute atomic E-state index is 5.63. The van der Waals surface area contributed by atoms with E-state index in [9.17, 15) is 0 Å². The van der Waals surface area contributed by atoms with Crippen molar-refractivity contribution < 1.29 is 4.74 Å². The van der Waals surface area contributed by atoms with E-state index in [-0.39, 0.29) is 0 Å². The van der Waals surface area contributed by atoms with Crippen LogP contribution in [-0.2, 0) is 17.9 Å². The molecule has 1 heterocycles. The highest BCUT2D eigenvalue weighted by Gasteiger charge is 2.01. The van der Waals surface area contributed by atoms with Gasteiger partial charge in [-0.05, 0) is 19.4 Å². The third-order valence-electron chi connectivity index (χ3n) is 2.69. The molecule has 0 fully saturated rings. The molecule has 104 valence electrons. The molecule has 0 amide bonds. The number of nitrogens with zero attached hydrogens (tertiary/aromatic N) is 1. The fraction of sp³-hybridized carbons (Fsp3) is 0.786. The Hall–Kier alpha value is -0.450. The Morgan fingerprint density at radius 1 is 1.22 bits per heavy atom. The van der Waals surface area contributed by atoms with Gasteiger partial charge < -0.3 is 10.1 Å². The van der Waals surface area contributed by atoms with E-state index < -0.39 is 0 Å². The van der Waals surface area contributed by atoms with Crippen molar-refractivity contribution >= 4 is 11.3 Å². The molecule has 18 heavy (non-hydrogen) atoms.